The Morgan fingerprint density at radius 3 is 2.74 bits per heavy atom. The first-order chi connectivity index (χ1) is 11.0. The van der Waals surface area contributed by atoms with E-state index >= 15 is 0 Å². The third-order valence-electron chi connectivity index (χ3n) is 3.60. The Labute approximate surface area is 134 Å². The first kappa shape index (κ1) is 16.7. The van der Waals surface area contributed by atoms with Gasteiger partial charge in [0, 0.05) is 19.8 Å². The number of carbonyl (C=O) groups is 2. The second-order valence-electron chi connectivity index (χ2n) is 5.35. The minimum absolute atomic E-state index is 0.194. The van der Waals surface area contributed by atoms with Gasteiger partial charge in [0.1, 0.15) is 0 Å². The third kappa shape index (κ3) is 3.56. The van der Waals surface area contributed by atoms with Crippen LogP contribution in [0.2, 0.25) is 0 Å². The van der Waals surface area contributed by atoms with Gasteiger partial charge in [-0.3, -0.25) is 9.59 Å². The Hall–Kier alpha value is -2.70. The molecule has 0 saturated carbocycles. The maximum absolute atomic E-state index is 12.6. The Kier molecular flexibility index (Phi) is 5.10. The Bertz CT molecular complexity index is 697. The van der Waals surface area contributed by atoms with Crippen LogP contribution in [0, 0.1) is 12.8 Å². The van der Waals surface area contributed by atoms with Gasteiger partial charge in [-0.15, -0.1) is 0 Å². The molecule has 7 heteroatoms. The molecule has 0 N–H and O–H groups in total. The van der Waals surface area contributed by atoms with Crippen molar-refractivity contribution in [1.82, 2.24) is 19.7 Å². The van der Waals surface area contributed by atoms with E-state index in [9.17, 15) is 9.59 Å². The summed E-state index contributed by atoms with van der Waals surface area (Å²) in [7, 11) is 2.99. The molecule has 0 fully saturated rings. The summed E-state index contributed by atoms with van der Waals surface area (Å²) in [4.78, 5) is 29.8. The molecule has 0 saturated heterocycles. The maximum atomic E-state index is 12.6. The Balaban J connectivity index is 2.17. The minimum atomic E-state index is -0.389. The topological polar surface area (TPSA) is 77.3 Å². The highest BCUT2D eigenvalue weighted by Gasteiger charge is 2.23. The van der Waals surface area contributed by atoms with E-state index in [1.54, 1.807) is 24.9 Å². The quantitative estimate of drug-likeness (QED) is 0.780. The molecule has 2 aromatic heterocycles. The summed E-state index contributed by atoms with van der Waals surface area (Å²) in [5.41, 5.74) is 1.18. The molecule has 0 bridgehead atoms. The van der Waals surface area contributed by atoms with E-state index in [1.807, 2.05) is 25.1 Å². The van der Waals surface area contributed by atoms with Crippen molar-refractivity contribution < 1.29 is 14.3 Å². The molecule has 0 aliphatic carbocycles. The third-order valence-corrected chi connectivity index (χ3v) is 3.60. The Morgan fingerprint density at radius 2 is 2.13 bits per heavy atom. The second kappa shape index (κ2) is 7.04. The van der Waals surface area contributed by atoms with Crippen LogP contribution in [0.25, 0.3) is 5.82 Å². The van der Waals surface area contributed by atoms with Crippen LogP contribution >= 0.6 is 0 Å². The van der Waals surface area contributed by atoms with Gasteiger partial charge in [0.25, 0.3) is 5.91 Å². The average Bonchev–Trinajstić information content (AvgIpc) is 2.95. The number of rotatable bonds is 5. The summed E-state index contributed by atoms with van der Waals surface area (Å²) in [6.45, 7) is 3.81. The van der Waals surface area contributed by atoms with Crippen molar-refractivity contribution in [2.75, 3.05) is 20.7 Å². The molecule has 0 radical (unpaired) electrons. The SMILES string of the molecule is COC(=O)C(C)CN(C)C(=O)c1cnn(-c2ccccn2)c1C. The highest BCUT2D eigenvalue weighted by atomic mass is 16.5. The monoisotopic (exact) mass is 316 g/mol. The Morgan fingerprint density at radius 1 is 1.39 bits per heavy atom. The van der Waals surface area contributed by atoms with Gasteiger partial charge in [0.2, 0.25) is 0 Å². The van der Waals surface area contributed by atoms with E-state index in [0.717, 1.165) is 0 Å². The number of pyridine rings is 1. The maximum Gasteiger partial charge on any atom is 0.310 e. The average molecular weight is 316 g/mol. The van der Waals surface area contributed by atoms with E-state index in [2.05, 4.69) is 14.8 Å². The van der Waals surface area contributed by atoms with Crippen LogP contribution in [0.3, 0.4) is 0 Å². The fraction of sp³-hybridized carbons (Fsp3) is 0.375. The molecule has 1 unspecified atom stereocenters. The van der Waals surface area contributed by atoms with E-state index in [0.29, 0.717) is 17.1 Å². The molecular formula is C16H20N4O3. The van der Waals surface area contributed by atoms with Gasteiger partial charge in [-0.05, 0) is 19.1 Å². The highest BCUT2D eigenvalue weighted by Crippen LogP contribution is 2.14. The zero-order chi connectivity index (χ0) is 17.0. The summed E-state index contributed by atoms with van der Waals surface area (Å²) in [6.07, 6.45) is 3.19. The lowest BCUT2D eigenvalue weighted by Crippen LogP contribution is -2.34. The van der Waals surface area contributed by atoms with Gasteiger partial charge >= 0.3 is 5.97 Å². The number of nitrogens with zero attached hydrogens (tertiary/aromatic N) is 4. The highest BCUT2D eigenvalue weighted by molar-refractivity contribution is 5.95. The summed E-state index contributed by atoms with van der Waals surface area (Å²) in [5, 5.41) is 4.23. The number of amides is 1. The zero-order valence-corrected chi connectivity index (χ0v) is 13.7. The van der Waals surface area contributed by atoms with E-state index in [-0.39, 0.29) is 24.3 Å². The lowest BCUT2D eigenvalue weighted by Gasteiger charge is -2.20. The van der Waals surface area contributed by atoms with Crippen molar-refractivity contribution >= 4 is 11.9 Å². The smallest absolute Gasteiger partial charge is 0.310 e. The number of methoxy groups -OCH3 is 1. The van der Waals surface area contributed by atoms with Crippen molar-refractivity contribution in [3.05, 3.63) is 41.9 Å². The first-order valence-electron chi connectivity index (χ1n) is 7.25. The molecule has 1 atom stereocenters. The molecule has 0 aliphatic heterocycles. The fourth-order valence-corrected chi connectivity index (χ4v) is 2.30. The standard InChI is InChI=1S/C16H20N4O3/c1-11(16(22)23-4)10-19(3)15(21)13-9-18-20(12(13)2)14-7-5-6-8-17-14/h5-9,11H,10H2,1-4H3. The molecular weight excluding hydrogens is 296 g/mol. The second-order valence-corrected chi connectivity index (χ2v) is 5.35. The zero-order valence-electron chi connectivity index (χ0n) is 13.7. The number of carbonyl (C=O) groups excluding carboxylic acids is 2. The molecule has 0 aromatic carbocycles. The summed E-state index contributed by atoms with van der Waals surface area (Å²) in [6, 6.07) is 5.49. The van der Waals surface area contributed by atoms with Crippen LogP contribution in [0.1, 0.15) is 23.0 Å². The van der Waals surface area contributed by atoms with E-state index in [1.165, 1.54) is 18.2 Å². The van der Waals surface area contributed by atoms with Crippen LogP contribution in [0.5, 0.6) is 0 Å². The van der Waals surface area contributed by atoms with Crippen LogP contribution in [0.4, 0.5) is 0 Å². The number of hydrogen-bond donors (Lipinski definition) is 0. The van der Waals surface area contributed by atoms with Crippen LogP contribution in [0.15, 0.2) is 30.6 Å². The fourth-order valence-electron chi connectivity index (χ4n) is 2.30. The molecule has 2 rings (SSSR count). The predicted molar refractivity (Wildman–Crippen MR) is 84.2 cm³/mol. The van der Waals surface area contributed by atoms with Crippen molar-refractivity contribution in [2.45, 2.75) is 13.8 Å². The van der Waals surface area contributed by atoms with Gasteiger partial charge in [-0.1, -0.05) is 13.0 Å². The molecule has 7 nitrogen and oxygen atoms in total. The van der Waals surface area contributed by atoms with Crippen molar-refractivity contribution in [3.8, 4) is 5.82 Å². The summed E-state index contributed by atoms with van der Waals surface area (Å²) < 4.78 is 6.30. The lowest BCUT2D eigenvalue weighted by atomic mass is 10.1. The van der Waals surface area contributed by atoms with E-state index < -0.39 is 0 Å². The van der Waals surface area contributed by atoms with Gasteiger partial charge in [0.05, 0.1) is 30.5 Å². The van der Waals surface area contributed by atoms with Crippen LogP contribution in [-0.2, 0) is 9.53 Å². The van der Waals surface area contributed by atoms with Crippen molar-refractivity contribution in [1.29, 1.82) is 0 Å². The minimum Gasteiger partial charge on any atom is -0.469 e. The van der Waals surface area contributed by atoms with Crippen LogP contribution in [-0.4, -0.2) is 52.2 Å². The van der Waals surface area contributed by atoms with Crippen LogP contribution < -0.4 is 0 Å². The lowest BCUT2D eigenvalue weighted by molar-refractivity contribution is -0.145. The summed E-state index contributed by atoms with van der Waals surface area (Å²) in [5.74, 6) is -0.277. The van der Waals surface area contributed by atoms with Crippen molar-refractivity contribution in [3.63, 3.8) is 0 Å². The predicted octanol–water partition coefficient (Wildman–Crippen LogP) is 1.46. The van der Waals surface area contributed by atoms with Gasteiger partial charge in [-0.2, -0.15) is 5.10 Å². The van der Waals surface area contributed by atoms with Gasteiger partial charge < -0.3 is 9.64 Å². The molecule has 2 heterocycles. The van der Waals surface area contributed by atoms with Gasteiger partial charge in [-0.25, -0.2) is 9.67 Å². The van der Waals surface area contributed by atoms with E-state index in [4.69, 9.17) is 0 Å². The molecule has 0 spiro atoms. The first-order valence-corrected chi connectivity index (χ1v) is 7.25. The molecule has 1 amide bonds. The summed E-state index contributed by atoms with van der Waals surface area (Å²) >= 11 is 0. The van der Waals surface area contributed by atoms with Crippen molar-refractivity contribution in [2.24, 2.45) is 5.92 Å². The molecule has 122 valence electrons. The number of hydrogen-bond acceptors (Lipinski definition) is 5. The number of aromatic nitrogens is 3. The van der Waals surface area contributed by atoms with Gasteiger partial charge in [0.15, 0.2) is 5.82 Å². The normalized spacial score (nSPS) is 11.8. The number of esters is 1. The molecule has 0 aliphatic rings. The molecule has 2 aromatic rings. The number of ether oxygens (including phenoxy) is 1. The largest absolute Gasteiger partial charge is 0.469 e. The molecule has 23 heavy (non-hydrogen) atoms.